The first-order chi connectivity index (χ1) is 11.0. The number of anilines is 1. The summed E-state index contributed by atoms with van der Waals surface area (Å²) in [6.45, 7) is 3.32. The maximum absolute atomic E-state index is 12.7. The van der Waals surface area contributed by atoms with Crippen LogP contribution in [-0.4, -0.2) is 25.8 Å². The smallest absolute Gasteiger partial charge is 0.243 e. The van der Waals surface area contributed by atoms with Crippen molar-refractivity contribution in [3.05, 3.63) is 48.5 Å². The topological polar surface area (TPSA) is 63.4 Å². The quantitative estimate of drug-likeness (QED) is 0.878. The van der Waals surface area contributed by atoms with E-state index in [0.29, 0.717) is 29.6 Å². The van der Waals surface area contributed by atoms with Gasteiger partial charge >= 0.3 is 0 Å². The Morgan fingerprint density at radius 1 is 1.09 bits per heavy atom. The molecule has 1 aliphatic rings. The van der Waals surface area contributed by atoms with Crippen LogP contribution in [0.2, 0.25) is 0 Å². The largest absolute Gasteiger partial charge is 0.398 e. The zero-order valence-corrected chi connectivity index (χ0v) is 14.1. The fraction of sp³-hybridized carbons (Fsp3) is 0.333. The molecule has 0 amide bonds. The van der Waals surface area contributed by atoms with Gasteiger partial charge in [-0.15, -0.1) is 0 Å². The van der Waals surface area contributed by atoms with Crippen LogP contribution in [0.25, 0.3) is 11.1 Å². The summed E-state index contributed by atoms with van der Waals surface area (Å²) in [5, 5.41) is 0. The zero-order chi connectivity index (χ0) is 16.4. The molecule has 0 radical (unpaired) electrons. The number of rotatable bonds is 3. The van der Waals surface area contributed by atoms with Crippen LogP contribution < -0.4 is 5.73 Å². The average molecular weight is 330 g/mol. The molecule has 2 N–H and O–H groups in total. The second-order valence-corrected chi connectivity index (χ2v) is 8.16. The highest BCUT2D eigenvalue weighted by atomic mass is 32.2. The lowest BCUT2D eigenvalue weighted by molar-refractivity contribution is 0.281. The Labute approximate surface area is 138 Å². The van der Waals surface area contributed by atoms with Crippen LogP contribution in [0.15, 0.2) is 53.4 Å². The third-order valence-corrected chi connectivity index (χ3v) is 6.26. The molecule has 2 aromatic rings. The van der Waals surface area contributed by atoms with Gasteiger partial charge in [0.1, 0.15) is 0 Å². The molecule has 0 aromatic heterocycles. The summed E-state index contributed by atoms with van der Waals surface area (Å²) in [5.74, 6) is 0.418. The first kappa shape index (κ1) is 16.0. The number of hydrogen-bond acceptors (Lipinski definition) is 3. The standard InChI is InChI=1S/C18H22N2O2S/c1-14-5-4-12-20(13-14)23(21,22)16-10-8-15(9-11-16)17-6-2-3-7-18(17)19/h2-3,6-11,14H,4-5,12-13,19H2,1H3. The van der Waals surface area contributed by atoms with Crippen LogP contribution in [0.1, 0.15) is 19.8 Å². The minimum absolute atomic E-state index is 0.352. The number of sulfonamides is 1. The van der Waals surface area contributed by atoms with E-state index in [1.165, 1.54) is 0 Å². The van der Waals surface area contributed by atoms with Crippen LogP contribution in [0, 0.1) is 5.92 Å². The van der Waals surface area contributed by atoms with Gasteiger partial charge < -0.3 is 5.73 Å². The summed E-state index contributed by atoms with van der Waals surface area (Å²) < 4.78 is 27.1. The molecule has 1 saturated heterocycles. The van der Waals surface area contributed by atoms with Crippen molar-refractivity contribution in [2.45, 2.75) is 24.7 Å². The van der Waals surface area contributed by atoms with Crippen molar-refractivity contribution in [1.82, 2.24) is 4.31 Å². The predicted octanol–water partition coefficient (Wildman–Crippen LogP) is 3.36. The van der Waals surface area contributed by atoms with Gasteiger partial charge in [0, 0.05) is 24.3 Å². The van der Waals surface area contributed by atoms with E-state index in [1.807, 2.05) is 36.4 Å². The SMILES string of the molecule is CC1CCCN(S(=O)(=O)c2ccc(-c3ccccc3N)cc2)C1. The van der Waals surface area contributed by atoms with E-state index < -0.39 is 10.0 Å². The molecule has 122 valence electrons. The summed E-state index contributed by atoms with van der Waals surface area (Å²) >= 11 is 0. The third kappa shape index (κ3) is 3.26. The van der Waals surface area contributed by atoms with E-state index >= 15 is 0 Å². The fourth-order valence-electron chi connectivity index (χ4n) is 3.08. The zero-order valence-electron chi connectivity index (χ0n) is 13.3. The Bertz CT molecular complexity index is 785. The predicted molar refractivity (Wildman–Crippen MR) is 93.4 cm³/mol. The van der Waals surface area contributed by atoms with Gasteiger partial charge in [-0.1, -0.05) is 37.3 Å². The molecule has 1 unspecified atom stereocenters. The van der Waals surface area contributed by atoms with Gasteiger partial charge in [-0.3, -0.25) is 0 Å². The maximum atomic E-state index is 12.7. The number of nitrogens with zero attached hydrogens (tertiary/aromatic N) is 1. The van der Waals surface area contributed by atoms with E-state index in [2.05, 4.69) is 6.92 Å². The molecule has 1 heterocycles. The molecule has 0 aliphatic carbocycles. The highest BCUT2D eigenvalue weighted by Crippen LogP contribution is 2.28. The van der Waals surface area contributed by atoms with Gasteiger partial charge in [-0.05, 0) is 42.5 Å². The molecule has 4 nitrogen and oxygen atoms in total. The number of nitrogens with two attached hydrogens (primary N) is 1. The molecule has 1 aliphatic heterocycles. The van der Waals surface area contributed by atoms with Crippen molar-refractivity contribution in [2.75, 3.05) is 18.8 Å². The van der Waals surface area contributed by atoms with Gasteiger partial charge in [0.05, 0.1) is 4.90 Å². The summed E-state index contributed by atoms with van der Waals surface area (Å²) in [5.41, 5.74) is 8.51. The molecule has 23 heavy (non-hydrogen) atoms. The van der Waals surface area contributed by atoms with Crippen LogP contribution in [0.5, 0.6) is 0 Å². The lowest BCUT2D eigenvalue weighted by atomic mass is 10.0. The molecule has 5 heteroatoms. The second kappa shape index (κ2) is 6.34. The summed E-state index contributed by atoms with van der Waals surface area (Å²) in [7, 11) is -3.40. The van der Waals surface area contributed by atoms with Crippen LogP contribution >= 0.6 is 0 Å². The Morgan fingerprint density at radius 3 is 2.43 bits per heavy atom. The van der Waals surface area contributed by atoms with Gasteiger partial charge in [-0.25, -0.2) is 8.42 Å². The lowest BCUT2D eigenvalue weighted by Crippen LogP contribution is -2.39. The third-order valence-electron chi connectivity index (χ3n) is 4.38. The number of para-hydroxylation sites is 1. The Hall–Kier alpha value is -1.85. The summed E-state index contributed by atoms with van der Waals surface area (Å²) in [6.07, 6.45) is 2.03. The van der Waals surface area contributed by atoms with Gasteiger partial charge in [0.2, 0.25) is 10.0 Å². The number of hydrogen-bond donors (Lipinski definition) is 1. The van der Waals surface area contributed by atoms with E-state index in [0.717, 1.165) is 24.0 Å². The normalized spacial score (nSPS) is 19.6. The van der Waals surface area contributed by atoms with Crippen LogP contribution in [0.4, 0.5) is 5.69 Å². The first-order valence-corrected chi connectivity index (χ1v) is 9.37. The molecule has 0 saturated carbocycles. The monoisotopic (exact) mass is 330 g/mol. The van der Waals surface area contributed by atoms with Gasteiger partial charge in [0.15, 0.2) is 0 Å². The minimum atomic E-state index is -3.40. The molecule has 1 atom stereocenters. The number of benzene rings is 2. The maximum Gasteiger partial charge on any atom is 0.243 e. The molecule has 0 bridgehead atoms. The van der Waals surface area contributed by atoms with Gasteiger partial charge in [-0.2, -0.15) is 4.31 Å². The van der Waals surface area contributed by atoms with Crippen molar-refractivity contribution < 1.29 is 8.42 Å². The van der Waals surface area contributed by atoms with Crippen LogP contribution in [0.3, 0.4) is 0 Å². The lowest BCUT2D eigenvalue weighted by Gasteiger charge is -2.30. The number of piperidine rings is 1. The van der Waals surface area contributed by atoms with Gasteiger partial charge in [0.25, 0.3) is 0 Å². The summed E-state index contributed by atoms with van der Waals surface area (Å²) in [4.78, 5) is 0.352. The second-order valence-electron chi connectivity index (χ2n) is 6.22. The Kier molecular flexibility index (Phi) is 4.41. The highest BCUT2D eigenvalue weighted by Gasteiger charge is 2.28. The molecular weight excluding hydrogens is 308 g/mol. The van der Waals surface area contributed by atoms with E-state index in [4.69, 9.17) is 5.73 Å². The first-order valence-electron chi connectivity index (χ1n) is 7.93. The van der Waals surface area contributed by atoms with E-state index in [-0.39, 0.29) is 0 Å². The van der Waals surface area contributed by atoms with Crippen molar-refractivity contribution in [3.8, 4) is 11.1 Å². The van der Waals surface area contributed by atoms with Crippen molar-refractivity contribution in [1.29, 1.82) is 0 Å². The molecule has 1 fully saturated rings. The highest BCUT2D eigenvalue weighted by molar-refractivity contribution is 7.89. The molecular formula is C18H22N2O2S. The molecule has 2 aromatic carbocycles. The van der Waals surface area contributed by atoms with Crippen LogP contribution in [-0.2, 0) is 10.0 Å². The Morgan fingerprint density at radius 2 is 1.78 bits per heavy atom. The average Bonchev–Trinajstić information content (AvgIpc) is 2.55. The van der Waals surface area contributed by atoms with Crippen molar-refractivity contribution in [2.24, 2.45) is 5.92 Å². The molecule has 0 spiro atoms. The number of nitrogen functional groups attached to an aromatic ring is 1. The van der Waals surface area contributed by atoms with E-state index in [1.54, 1.807) is 16.4 Å². The van der Waals surface area contributed by atoms with Crippen molar-refractivity contribution in [3.63, 3.8) is 0 Å². The molecule has 3 rings (SSSR count). The van der Waals surface area contributed by atoms with E-state index in [9.17, 15) is 8.42 Å². The summed E-state index contributed by atoms with van der Waals surface area (Å²) in [6, 6.07) is 14.6. The Balaban J connectivity index is 1.88. The van der Waals surface area contributed by atoms with Crippen molar-refractivity contribution >= 4 is 15.7 Å². The minimum Gasteiger partial charge on any atom is -0.398 e. The fourth-order valence-corrected chi connectivity index (χ4v) is 4.68.